The van der Waals surface area contributed by atoms with Crippen molar-refractivity contribution >= 4 is 17.7 Å². The van der Waals surface area contributed by atoms with Crippen LogP contribution in [0.15, 0.2) is 10.1 Å². The molecule has 138 valence electrons. The van der Waals surface area contributed by atoms with Crippen LogP contribution in [0, 0.1) is 5.92 Å². The van der Waals surface area contributed by atoms with E-state index in [0.29, 0.717) is 11.9 Å². The highest BCUT2D eigenvalue weighted by atomic mass is 32.2. The molecule has 24 heavy (non-hydrogen) atoms. The summed E-state index contributed by atoms with van der Waals surface area (Å²) in [5.74, 6) is 2.19. The highest BCUT2D eigenvalue weighted by Gasteiger charge is 2.12. The fraction of sp³-hybridized carbons (Fsp3) is 0.824. The number of nitrogens with one attached hydrogen (secondary N) is 1. The van der Waals surface area contributed by atoms with Gasteiger partial charge in [-0.2, -0.15) is 0 Å². The molecule has 1 aromatic rings. The maximum atomic E-state index is 5.89. The molecule has 0 bridgehead atoms. The van der Waals surface area contributed by atoms with Crippen LogP contribution < -0.4 is 11.1 Å². The van der Waals surface area contributed by atoms with Crippen LogP contribution in [0.2, 0.25) is 0 Å². The van der Waals surface area contributed by atoms with Crippen LogP contribution in [-0.2, 0) is 13.0 Å². The summed E-state index contributed by atoms with van der Waals surface area (Å²) in [5.41, 5.74) is 5.89. The first-order valence-corrected chi connectivity index (χ1v) is 10.3. The molecule has 0 amide bonds. The molecule has 0 unspecified atom stereocenters. The number of guanidine groups is 1. The second-order valence-electron chi connectivity index (χ2n) is 6.47. The van der Waals surface area contributed by atoms with Crippen LogP contribution in [0.1, 0.15) is 58.7 Å². The summed E-state index contributed by atoms with van der Waals surface area (Å²) in [6.45, 7) is 9.23. The zero-order valence-electron chi connectivity index (χ0n) is 15.7. The van der Waals surface area contributed by atoms with Gasteiger partial charge in [-0.1, -0.05) is 51.8 Å². The van der Waals surface area contributed by atoms with Gasteiger partial charge in [0.05, 0.1) is 0 Å². The van der Waals surface area contributed by atoms with Gasteiger partial charge in [0.1, 0.15) is 5.82 Å². The first-order valence-electron chi connectivity index (χ1n) is 9.08. The summed E-state index contributed by atoms with van der Waals surface area (Å²) >= 11 is 1.65. The Balaban J connectivity index is 2.34. The zero-order chi connectivity index (χ0) is 17.8. The predicted molar refractivity (Wildman–Crippen MR) is 104 cm³/mol. The van der Waals surface area contributed by atoms with E-state index in [2.05, 4.69) is 45.8 Å². The molecule has 0 spiro atoms. The molecule has 0 aliphatic rings. The fourth-order valence-electron chi connectivity index (χ4n) is 2.46. The molecule has 1 heterocycles. The van der Waals surface area contributed by atoms with Gasteiger partial charge in [-0.3, -0.25) is 4.99 Å². The lowest BCUT2D eigenvalue weighted by molar-refractivity contribution is 0.477. The van der Waals surface area contributed by atoms with E-state index in [9.17, 15) is 0 Å². The molecule has 0 aromatic carbocycles. The van der Waals surface area contributed by atoms with Crippen LogP contribution in [0.3, 0.4) is 0 Å². The minimum Gasteiger partial charge on any atom is -0.370 e. The molecular formula is C17H34N6S. The maximum Gasteiger partial charge on any atom is 0.190 e. The number of nitrogens with zero attached hydrogens (tertiary/aromatic N) is 4. The van der Waals surface area contributed by atoms with E-state index in [1.807, 2.05) is 6.26 Å². The Morgan fingerprint density at radius 3 is 2.71 bits per heavy atom. The van der Waals surface area contributed by atoms with E-state index in [1.165, 1.54) is 19.3 Å². The quantitative estimate of drug-likeness (QED) is 0.261. The first kappa shape index (κ1) is 20.8. The Kier molecular flexibility index (Phi) is 10.5. The molecule has 7 heteroatoms. The Bertz CT molecular complexity index is 483. The molecule has 6 nitrogen and oxygen atoms in total. The van der Waals surface area contributed by atoms with E-state index in [-0.39, 0.29) is 0 Å². The van der Waals surface area contributed by atoms with Crippen molar-refractivity contribution in [3.63, 3.8) is 0 Å². The molecule has 0 radical (unpaired) electrons. The standard InChI is InChI=1S/C17H34N6S/c1-5-6-7-8-11-19-16(18)20-12-9-10-15-21-22-17(24-4)23(15)13-14(2)3/h14H,5-13H2,1-4H3,(H3,18,19,20). The molecule has 0 atom stereocenters. The Labute approximate surface area is 151 Å². The van der Waals surface area contributed by atoms with Crippen molar-refractivity contribution in [2.45, 2.75) is 71.0 Å². The lowest BCUT2D eigenvalue weighted by Crippen LogP contribution is -2.32. The van der Waals surface area contributed by atoms with Crippen LogP contribution in [0.4, 0.5) is 0 Å². The molecular weight excluding hydrogens is 320 g/mol. The van der Waals surface area contributed by atoms with Crippen molar-refractivity contribution < 1.29 is 0 Å². The van der Waals surface area contributed by atoms with Crippen LogP contribution in [-0.4, -0.2) is 40.1 Å². The molecule has 1 aromatic heterocycles. The molecule has 1 rings (SSSR count). The van der Waals surface area contributed by atoms with Crippen molar-refractivity contribution in [3.8, 4) is 0 Å². The molecule has 0 aliphatic carbocycles. The van der Waals surface area contributed by atoms with Crippen LogP contribution in [0.25, 0.3) is 0 Å². The summed E-state index contributed by atoms with van der Waals surface area (Å²) in [6, 6.07) is 0. The van der Waals surface area contributed by atoms with Gasteiger partial charge in [0.2, 0.25) is 0 Å². The maximum absolute atomic E-state index is 5.89. The second-order valence-corrected chi connectivity index (χ2v) is 7.24. The van der Waals surface area contributed by atoms with Gasteiger partial charge in [-0.25, -0.2) is 0 Å². The topological polar surface area (TPSA) is 81.1 Å². The fourth-order valence-corrected chi connectivity index (χ4v) is 2.99. The minimum absolute atomic E-state index is 0.556. The number of thioether (sulfide) groups is 1. The molecule has 0 saturated carbocycles. The number of aryl methyl sites for hydroxylation is 1. The van der Waals surface area contributed by atoms with E-state index < -0.39 is 0 Å². The lowest BCUT2D eigenvalue weighted by atomic mass is 10.2. The average molecular weight is 355 g/mol. The third kappa shape index (κ3) is 8.04. The first-order chi connectivity index (χ1) is 11.6. The second kappa shape index (κ2) is 12.2. The number of rotatable bonds is 12. The summed E-state index contributed by atoms with van der Waals surface area (Å²) < 4.78 is 2.23. The largest absolute Gasteiger partial charge is 0.370 e. The van der Waals surface area contributed by atoms with Gasteiger partial charge in [0.15, 0.2) is 11.1 Å². The van der Waals surface area contributed by atoms with Gasteiger partial charge < -0.3 is 15.6 Å². The van der Waals surface area contributed by atoms with E-state index in [1.54, 1.807) is 11.8 Å². The normalized spacial score (nSPS) is 12.1. The van der Waals surface area contributed by atoms with E-state index in [0.717, 1.165) is 49.9 Å². The van der Waals surface area contributed by atoms with Gasteiger partial charge in [0, 0.05) is 26.1 Å². The number of nitrogens with two attached hydrogens (primary N) is 1. The summed E-state index contributed by atoms with van der Waals surface area (Å²) in [4.78, 5) is 4.40. The van der Waals surface area contributed by atoms with Crippen molar-refractivity contribution in [1.29, 1.82) is 0 Å². The summed E-state index contributed by atoms with van der Waals surface area (Å²) in [5, 5.41) is 12.8. The lowest BCUT2D eigenvalue weighted by Gasteiger charge is -2.11. The van der Waals surface area contributed by atoms with Crippen LogP contribution in [0.5, 0.6) is 0 Å². The third-order valence-corrected chi connectivity index (χ3v) is 4.37. The number of hydrogen-bond donors (Lipinski definition) is 2. The molecule has 3 N–H and O–H groups in total. The van der Waals surface area contributed by atoms with Gasteiger partial charge in [-0.05, 0) is 25.0 Å². The van der Waals surface area contributed by atoms with E-state index in [4.69, 9.17) is 5.73 Å². The van der Waals surface area contributed by atoms with Gasteiger partial charge >= 0.3 is 0 Å². The van der Waals surface area contributed by atoms with Crippen molar-refractivity contribution in [1.82, 2.24) is 20.1 Å². The molecule has 0 fully saturated rings. The SMILES string of the molecule is CCCCCCNC(N)=NCCCc1nnc(SC)n1CC(C)C. The average Bonchev–Trinajstić information content (AvgIpc) is 2.92. The van der Waals surface area contributed by atoms with Crippen LogP contribution >= 0.6 is 11.8 Å². The van der Waals surface area contributed by atoms with Crippen molar-refractivity contribution in [2.24, 2.45) is 16.6 Å². The highest BCUT2D eigenvalue weighted by molar-refractivity contribution is 7.98. The summed E-state index contributed by atoms with van der Waals surface area (Å²) in [7, 11) is 0. The number of aliphatic imine (C=N–C) groups is 1. The zero-order valence-corrected chi connectivity index (χ0v) is 16.5. The number of aromatic nitrogens is 3. The minimum atomic E-state index is 0.556. The molecule has 0 saturated heterocycles. The predicted octanol–water partition coefficient (Wildman–Crippen LogP) is 3.07. The van der Waals surface area contributed by atoms with Crippen molar-refractivity contribution in [2.75, 3.05) is 19.3 Å². The number of unbranched alkanes of at least 4 members (excludes halogenated alkanes) is 3. The Morgan fingerprint density at radius 2 is 2.04 bits per heavy atom. The number of hydrogen-bond acceptors (Lipinski definition) is 4. The Hall–Kier alpha value is -1.24. The van der Waals surface area contributed by atoms with E-state index >= 15 is 0 Å². The van der Waals surface area contributed by atoms with Gasteiger partial charge in [0.25, 0.3) is 0 Å². The smallest absolute Gasteiger partial charge is 0.190 e. The van der Waals surface area contributed by atoms with Crippen molar-refractivity contribution in [3.05, 3.63) is 5.82 Å². The monoisotopic (exact) mass is 354 g/mol. The molecule has 0 aliphatic heterocycles. The highest BCUT2D eigenvalue weighted by Crippen LogP contribution is 2.16. The third-order valence-electron chi connectivity index (χ3n) is 3.70. The Morgan fingerprint density at radius 1 is 1.25 bits per heavy atom. The van der Waals surface area contributed by atoms with Gasteiger partial charge in [-0.15, -0.1) is 10.2 Å². The summed E-state index contributed by atoms with van der Waals surface area (Å²) in [6.07, 6.45) is 8.80.